The molecule has 0 radical (unpaired) electrons. The van der Waals surface area contributed by atoms with Gasteiger partial charge in [-0.15, -0.1) is 0 Å². The Bertz CT molecular complexity index is 925. The number of amides is 1. The predicted molar refractivity (Wildman–Crippen MR) is 116 cm³/mol. The quantitative estimate of drug-likeness (QED) is 0.473. The van der Waals surface area contributed by atoms with E-state index in [1.54, 1.807) is 23.1 Å². The fraction of sp³-hybridized carbons (Fsp3) is 0.375. The molecule has 0 saturated carbocycles. The van der Waals surface area contributed by atoms with E-state index < -0.39 is 5.97 Å². The average molecular weight is 425 g/mol. The molecular weight excluding hydrogens is 398 g/mol. The molecule has 0 aliphatic carbocycles. The lowest BCUT2D eigenvalue weighted by molar-refractivity contribution is -0.147. The summed E-state index contributed by atoms with van der Waals surface area (Å²) in [6.45, 7) is 4.51. The molecule has 1 aliphatic heterocycles. The van der Waals surface area contributed by atoms with E-state index in [1.807, 2.05) is 44.2 Å². The highest BCUT2D eigenvalue weighted by Crippen LogP contribution is 2.30. The van der Waals surface area contributed by atoms with Gasteiger partial charge in [-0.05, 0) is 44.2 Å². The molecule has 2 aromatic rings. The van der Waals surface area contributed by atoms with Gasteiger partial charge in [0.15, 0.2) is 23.9 Å². The number of benzene rings is 2. The molecule has 1 amide bonds. The first-order valence-corrected chi connectivity index (χ1v) is 10.4. The van der Waals surface area contributed by atoms with E-state index in [2.05, 4.69) is 0 Å². The van der Waals surface area contributed by atoms with Gasteiger partial charge >= 0.3 is 5.97 Å². The second-order valence-electron chi connectivity index (χ2n) is 7.49. The summed E-state index contributed by atoms with van der Waals surface area (Å²) in [4.78, 5) is 38.7. The van der Waals surface area contributed by atoms with Gasteiger partial charge < -0.3 is 19.1 Å². The van der Waals surface area contributed by atoms with E-state index in [1.165, 1.54) is 0 Å². The highest BCUT2D eigenvalue weighted by Gasteiger charge is 2.21. The van der Waals surface area contributed by atoms with Crippen LogP contribution in [0.3, 0.4) is 0 Å². The van der Waals surface area contributed by atoms with Gasteiger partial charge in [0.25, 0.3) is 5.91 Å². The van der Waals surface area contributed by atoms with E-state index in [0.717, 1.165) is 12.1 Å². The van der Waals surface area contributed by atoms with Crippen LogP contribution in [0.2, 0.25) is 0 Å². The van der Waals surface area contributed by atoms with E-state index in [0.29, 0.717) is 30.3 Å². The number of ketones is 1. The number of rotatable bonds is 8. The van der Waals surface area contributed by atoms with Crippen LogP contribution in [0.15, 0.2) is 48.5 Å². The SMILES string of the molecule is CC(C)N(C(=O)COC(=O)CCC(=O)c1ccc2c(c1)OCCCO2)c1ccccc1. The van der Waals surface area contributed by atoms with Crippen molar-refractivity contribution in [1.82, 2.24) is 0 Å². The fourth-order valence-electron chi connectivity index (χ4n) is 3.30. The molecule has 7 nitrogen and oxygen atoms in total. The van der Waals surface area contributed by atoms with Gasteiger partial charge in [-0.25, -0.2) is 0 Å². The van der Waals surface area contributed by atoms with Crippen LogP contribution in [0.1, 0.15) is 43.5 Å². The minimum absolute atomic E-state index is 0.0146. The standard InChI is InChI=1S/C24H27NO6/c1-17(2)25(19-7-4-3-5-8-19)23(27)16-31-24(28)12-10-20(26)18-9-11-21-22(15-18)30-14-6-13-29-21/h3-5,7-9,11,15,17H,6,10,12-14,16H2,1-2H3. The normalized spacial score (nSPS) is 12.7. The molecular formula is C24H27NO6. The van der Waals surface area contributed by atoms with Crippen molar-refractivity contribution in [2.75, 3.05) is 24.7 Å². The van der Waals surface area contributed by atoms with Gasteiger partial charge in [0, 0.05) is 30.1 Å². The van der Waals surface area contributed by atoms with Gasteiger partial charge in [0.05, 0.1) is 19.6 Å². The Labute approximate surface area is 181 Å². The van der Waals surface area contributed by atoms with Crippen LogP contribution >= 0.6 is 0 Å². The summed E-state index contributed by atoms with van der Waals surface area (Å²) in [6, 6.07) is 14.1. The maximum absolute atomic E-state index is 12.6. The summed E-state index contributed by atoms with van der Waals surface area (Å²) in [6.07, 6.45) is 0.661. The third-order valence-corrected chi connectivity index (χ3v) is 4.80. The van der Waals surface area contributed by atoms with E-state index in [9.17, 15) is 14.4 Å². The lowest BCUT2D eigenvalue weighted by Crippen LogP contribution is -2.39. The van der Waals surface area contributed by atoms with Gasteiger partial charge in [0.1, 0.15) is 0 Å². The molecule has 2 aromatic carbocycles. The maximum atomic E-state index is 12.6. The van der Waals surface area contributed by atoms with Crippen LogP contribution in [-0.2, 0) is 14.3 Å². The van der Waals surface area contributed by atoms with Gasteiger partial charge in [0.2, 0.25) is 0 Å². The first-order valence-electron chi connectivity index (χ1n) is 10.4. The Morgan fingerprint density at radius 2 is 1.68 bits per heavy atom. The molecule has 0 saturated heterocycles. The van der Waals surface area contributed by atoms with Crippen LogP contribution in [-0.4, -0.2) is 43.5 Å². The van der Waals surface area contributed by atoms with Crippen LogP contribution in [0.25, 0.3) is 0 Å². The highest BCUT2D eigenvalue weighted by molar-refractivity contribution is 5.98. The number of Topliss-reactive ketones (excluding diaryl/α,β-unsaturated/α-hetero) is 1. The summed E-state index contributed by atoms with van der Waals surface area (Å²) in [5, 5.41) is 0. The Kier molecular flexibility index (Phi) is 7.65. The van der Waals surface area contributed by atoms with E-state index in [4.69, 9.17) is 14.2 Å². The fourth-order valence-corrected chi connectivity index (χ4v) is 3.30. The van der Waals surface area contributed by atoms with Crippen LogP contribution in [0, 0.1) is 0 Å². The van der Waals surface area contributed by atoms with Crippen molar-refractivity contribution >= 4 is 23.3 Å². The number of esters is 1. The number of anilines is 1. The monoisotopic (exact) mass is 425 g/mol. The lowest BCUT2D eigenvalue weighted by Gasteiger charge is -2.26. The first kappa shape index (κ1) is 22.3. The zero-order valence-corrected chi connectivity index (χ0v) is 17.8. The lowest BCUT2D eigenvalue weighted by atomic mass is 10.1. The van der Waals surface area contributed by atoms with Crippen LogP contribution < -0.4 is 14.4 Å². The summed E-state index contributed by atoms with van der Waals surface area (Å²) in [5.41, 5.74) is 1.19. The van der Waals surface area contributed by atoms with Crippen molar-refractivity contribution in [2.45, 2.75) is 39.2 Å². The largest absolute Gasteiger partial charge is 0.490 e. The summed E-state index contributed by atoms with van der Waals surface area (Å²) >= 11 is 0. The highest BCUT2D eigenvalue weighted by atomic mass is 16.5. The Hall–Kier alpha value is -3.35. The zero-order valence-electron chi connectivity index (χ0n) is 17.8. The molecule has 0 aromatic heterocycles. The molecule has 1 aliphatic rings. The molecule has 1 heterocycles. The second kappa shape index (κ2) is 10.6. The summed E-state index contributed by atoms with van der Waals surface area (Å²) < 4.78 is 16.3. The average Bonchev–Trinajstić information content (AvgIpc) is 3.01. The summed E-state index contributed by atoms with van der Waals surface area (Å²) in [7, 11) is 0. The number of carbonyl (C=O) groups is 3. The van der Waals surface area contributed by atoms with Crippen LogP contribution in [0.5, 0.6) is 11.5 Å². The minimum atomic E-state index is -0.590. The second-order valence-corrected chi connectivity index (χ2v) is 7.49. The molecule has 0 spiro atoms. The number of fused-ring (bicyclic) bond motifs is 1. The first-order chi connectivity index (χ1) is 15.0. The molecule has 0 atom stereocenters. The zero-order chi connectivity index (χ0) is 22.2. The molecule has 0 bridgehead atoms. The third-order valence-electron chi connectivity index (χ3n) is 4.80. The van der Waals surface area contributed by atoms with Crippen molar-refractivity contribution < 1.29 is 28.6 Å². The maximum Gasteiger partial charge on any atom is 0.306 e. The number of carbonyl (C=O) groups excluding carboxylic acids is 3. The topological polar surface area (TPSA) is 82.1 Å². The van der Waals surface area contributed by atoms with Gasteiger partial charge in [-0.1, -0.05) is 18.2 Å². The third kappa shape index (κ3) is 6.07. The molecule has 3 rings (SSSR count). The van der Waals surface area contributed by atoms with Gasteiger partial charge in [-0.3, -0.25) is 14.4 Å². The Morgan fingerprint density at radius 3 is 2.39 bits per heavy atom. The molecule has 0 N–H and O–H groups in total. The van der Waals surface area contributed by atoms with Crippen LogP contribution in [0.4, 0.5) is 5.69 Å². The molecule has 7 heteroatoms. The van der Waals surface area contributed by atoms with Gasteiger partial charge in [-0.2, -0.15) is 0 Å². The molecule has 31 heavy (non-hydrogen) atoms. The molecule has 164 valence electrons. The number of ether oxygens (including phenoxy) is 3. The van der Waals surface area contributed by atoms with E-state index >= 15 is 0 Å². The number of hydrogen-bond donors (Lipinski definition) is 0. The number of hydrogen-bond acceptors (Lipinski definition) is 6. The summed E-state index contributed by atoms with van der Waals surface area (Å²) in [5.74, 6) is 0.0370. The Balaban J connectivity index is 1.50. The molecule has 0 unspecified atom stereocenters. The number of nitrogens with zero attached hydrogens (tertiary/aromatic N) is 1. The number of para-hydroxylation sites is 1. The van der Waals surface area contributed by atoms with Crippen molar-refractivity contribution in [1.29, 1.82) is 0 Å². The predicted octanol–water partition coefficient (Wildman–Crippen LogP) is 3.80. The van der Waals surface area contributed by atoms with Crippen molar-refractivity contribution in [2.24, 2.45) is 0 Å². The van der Waals surface area contributed by atoms with E-state index in [-0.39, 0.29) is 37.2 Å². The molecule has 0 fully saturated rings. The van der Waals surface area contributed by atoms with Crippen molar-refractivity contribution in [3.05, 3.63) is 54.1 Å². The van der Waals surface area contributed by atoms with Crippen molar-refractivity contribution in [3.63, 3.8) is 0 Å². The van der Waals surface area contributed by atoms with Crippen molar-refractivity contribution in [3.8, 4) is 11.5 Å². The minimum Gasteiger partial charge on any atom is -0.490 e. The Morgan fingerprint density at radius 1 is 0.968 bits per heavy atom. The smallest absolute Gasteiger partial charge is 0.306 e.